The van der Waals surface area contributed by atoms with Crippen molar-refractivity contribution in [2.75, 3.05) is 0 Å². The minimum absolute atomic E-state index is 0.627. The molecule has 0 atom stereocenters. The molecule has 3 aromatic carbocycles. The van der Waals surface area contributed by atoms with Gasteiger partial charge in [-0.3, -0.25) is 0 Å². The highest BCUT2D eigenvalue weighted by Crippen LogP contribution is 2.39. The summed E-state index contributed by atoms with van der Waals surface area (Å²) in [6.07, 6.45) is 4.26. The van der Waals surface area contributed by atoms with Crippen molar-refractivity contribution in [3.63, 3.8) is 0 Å². The fourth-order valence-electron chi connectivity index (χ4n) is 5.18. The van der Waals surface area contributed by atoms with E-state index in [1.54, 1.807) is 0 Å². The predicted octanol–water partition coefficient (Wildman–Crippen LogP) is 7.06. The molecule has 1 aliphatic carbocycles. The molecule has 0 aliphatic heterocycles. The Morgan fingerprint density at radius 1 is 0.800 bits per heavy atom. The summed E-state index contributed by atoms with van der Waals surface area (Å²) in [5, 5.41) is 11.3. The van der Waals surface area contributed by atoms with Crippen molar-refractivity contribution in [2.45, 2.75) is 26.7 Å². The minimum atomic E-state index is 0.627. The van der Waals surface area contributed by atoms with E-state index in [-0.39, 0.29) is 0 Å². The van der Waals surface area contributed by atoms with Crippen molar-refractivity contribution in [1.29, 1.82) is 5.26 Å². The van der Waals surface area contributed by atoms with Gasteiger partial charge in [-0.05, 0) is 79.8 Å². The van der Waals surface area contributed by atoms with Crippen LogP contribution in [0.5, 0.6) is 0 Å². The Kier molecular flexibility index (Phi) is 5.04. The molecule has 6 rings (SSSR count). The zero-order valence-electron chi connectivity index (χ0n) is 19.8. The number of aromatic nitrogens is 3. The van der Waals surface area contributed by atoms with Crippen LogP contribution in [0.1, 0.15) is 40.2 Å². The Morgan fingerprint density at radius 3 is 2.31 bits per heavy atom. The van der Waals surface area contributed by atoms with Crippen molar-refractivity contribution < 1.29 is 0 Å². The van der Waals surface area contributed by atoms with E-state index in [0.29, 0.717) is 11.4 Å². The van der Waals surface area contributed by atoms with E-state index in [0.717, 1.165) is 46.7 Å². The van der Waals surface area contributed by atoms with Gasteiger partial charge in [-0.1, -0.05) is 48.5 Å². The molecular formula is C31H24N4. The molecule has 0 bridgehead atoms. The Labute approximate surface area is 204 Å². The molecule has 5 aromatic rings. The molecule has 0 N–H and O–H groups in total. The van der Waals surface area contributed by atoms with Crippen molar-refractivity contribution in [2.24, 2.45) is 0 Å². The van der Waals surface area contributed by atoms with E-state index >= 15 is 0 Å². The maximum Gasteiger partial charge on any atom is 0.159 e. The minimum Gasteiger partial charge on any atom is -0.308 e. The van der Waals surface area contributed by atoms with Crippen LogP contribution in [0.25, 0.3) is 39.6 Å². The van der Waals surface area contributed by atoms with Crippen LogP contribution in [-0.4, -0.2) is 14.5 Å². The fourth-order valence-corrected chi connectivity index (χ4v) is 5.18. The Bertz CT molecular complexity index is 1650. The van der Waals surface area contributed by atoms with Crippen molar-refractivity contribution in [1.82, 2.24) is 14.5 Å². The predicted molar refractivity (Wildman–Crippen MR) is 141 cm³/mol. The Hall–Kier alpha value is -4.49. The highest BCUT2D eigenvalue weighted by molar-refractivity contribution is 5.96. The number of hydrogen-bond donors (Lipinski definition) is 0. The maximum atomic E-state index is 10.1. The topological polar surface area (TPSA) is 54.5 Å². The molecule has 1 aliphatic rings. The first kappa shape index (κ1) is 21.1. The van der Waals surface area contributed by atoms with Crippen molar-refractivity contribution in [3.05, 3.63) is 113 Å². The van der Waals surface area contributed by atoms with Gasteiger partial charge in [0.15, 0.2) is 5.82 Å². The summed E-state index contributed by atoms with van der Waals surface area (Å²) < 4.78 is 2.25. The lowest BCUT2D eigenvalue weighted by atomic mass is 9.91. The van der Waals surface area contributed by atoms with Crippen LogP contribution in [0.15, 0.2) is 78.9 Å². The number of benzene rings is 3. The van der Waals surface area contributed by atoms with Gasteiger partial charge in [0.2, 0.25) is 0 Å². The van der Waals surface area contributed by atoms with Gasteiger partial charge in [-0.15, -0.1) is 0 Å². The third kappa shape index (κ3) is 3.62. The van der Waals surface area contributed by atoms with Gasteiger partial charge in [-0.25, -0.2) is 9.97 Å². The standard InChI is InChI=1S/C31H24N4/c1-20-16-21(2)34-31(33-20)24-12-13-25(19-32)29(18-24)35-28-11-7-6-10-26(28)27-15-14-23(17-30(27)35)22-8-4-3-5-9-22/h3-13,16-18H,14-15H2,1-2H3. The molecule has 0 amide bonds. The average Bonchev–Trinajstić information content (AvgIpc) is 3.22. The molecule has 0 unspecified atom stereocenters. The second-order valence-corrected chi connectivity index (χ2v) is 9.07. The van der Waals surface area contributed by atoms with Crippen LogP contribution in [0.3, 0.4) is 0 Å². The van der Waals surface area contributed by atoms with Crippen molar-refractivity contribution in [3.8, 4) is 23.1 Å². The summed E-state index contributed by atoms with van der Waals surface area (Å²) in [5.41, 5.74) is 10.4. The Balaban J connectivity index is 1.63. The van der Waals surface area contributed by atoms with Crippen LogP contribution in [-0.2, 0) is 6.42 Å². The number of nitrogens with zero attached hydrogens (tertiary/aromatic N) is 4. The van der Waals surface area contributed by atoms with Crippen LogP contribution in [0.4, 0.5) is 0 Å². The van der Waals surface area contributed by atoms with Gasteiger partial charge in [0, 0.05) is 22.3 Å². The first-order valence-corrected chi connectivity index (χ1v) is 11.9. The van der Waals surface area contributed by atoms with Gasteiger partial charge in [0.1, 0.15) is 6.07 Å². The van der Waals surface area contributed by atoms with Gasteiger partial charge in [0.25, 0.3) is 0 Å². The van der Waals surface area contributed by atoms with E-state index in [4.69, 9.17) is 0 Å². The molecule has 4 heteroatoms. The largest absolute Gasteiger partial charge is 0.308 e. The third-order valence-electron chi connectivity index (χ3n) is 6.72. The lowest BCUT2D eigenvalue weighted by Crippen LogP contribution is -2.05. The third-order valence-corrected chi connectivity index (χ3v) is 6.72. The number of allylic oxidation sites excluding steroid dienone is 1. The van der Waals surface area contributed by atoms with Gasteiger partial charge in [0.05, 0.1) is 22.5 Å². The van der Waals surface area contributed by atoms with E-state index < -0.39 is 0 Å². The van der Waals surface area contributed by atoms with Gasteiger partial charge in [-0.2, -0.15) is 5.26 Å². The number of nitriles is 1. The van der Waals surface area contributed by atoms with E-state index in [1.807, 2.05) is 32.0 Å². The molecule has 35 heavy (non-hydrogen) atoms. The summed E-state index contributed by atoms with van der Waals surface area (Å²) in [6, 6.07) is 29.3. The Morgan fingerprint density at radius 2 is 1.54 bits per heavy atom. The molecule has 0 fully saturated rings. The molecule has 168 valence electrons. The summed E-state index contributed by atoms with van der Waals surface area (Å²) in [4.78, 5) is 9.34. The molecule has 0 spiro atoms. The summed E-state index contributed by atoms with van der Waals surface area (Å²) in [5.74, 6) is 0.680. The number of para-hydroxylation sites is 1. The summed E-state index contributed by atoms with van der Waals surface area (Å²) in [7, 11) is 0. The maximum absolute atomic E-state index is 10.1. The number of rotatable bonds is 3. The quantitative estimate of drug-likeness (QED) is 0.294. The fraction of sp³-hybridized carbons (Fsp3) is 0.129. The number of hydrogen-bond acceptors (Lipinski definition) is 3. The average molecular weight is 453 g/mol. The molecule has 0 saturated heterocycles. The second kappa shape index (κ2) is 8.38. The lowest BCUT2D eigenvalue weighted by Gasteiger charge is -2.18. The van der Waals surface area contributed by atoms with Crippen LogP contribution < -0.4 is 0 Å². The van der Waals surface area contributed by atoms with E-state index in [9.17, 15) is 5.26 Å². The zero-order valence-corrected chi connectivity index (χ0v) is 19.8. The molecule has 0 radical (unpaired) electrons. The van der Waals surface area contributed by atoms with E-state index in [2.05, 4.69) is 87.3 Å². The molecular weight excluding hydrogens is 428 g/mol. The summed E-state index contributed by atoms with van der Waals surface area (Å²) >= 11 is 0. The molecule has 2 aromatic heterocycles. The van der Waals surface area contributed by atoms with Crippen LogP contribution in [0, 0.1) is 25.2 Å². The van der Waals surface area contributed by atoms with Gasteiger partial charge < -0.3 is 4.57 Å². The molecule has 0 saturated carbocycles. The first-order valence-electron chi connectivity index (χ1n) is 11.9. The number of aryl methyl sites for hydroxylation is 3. The normalized spacial score (nSPS) is 12.8. The van der Waals surface area contributed by atoms with Crippen molar-refractivity contribution >= 4 is 22.6 Å². The number of fused-ring (bicyclic) bond motifs is 3. The molecule has 4 nitrogen and oxygen atoms in total. The highest BCUT2D eigenvalue weighted by atomic mass is 15.0. The van der Waals surface area contributed by atoms with Crippen LogP contribution >= 0.6 is 0 Å². The molecule has 2 heterocycles. The lowest BCUT2D eigenvalue weighted by molar-refractivity contribution is 0.979. The second-order valence-electron chi connectivity index (χ2n) is 9.07. The summed E-state index contributed by atoms with van der Waals surface area (Å²) in [6.45, 7) is 3.96. The smallest absolute Gasteiger partial charge is 0.159 e. The van der Waals surface area contributed by atoms with E-state index in [1.165, 1.54) is 22.1 Å². The monoisotopic (exact) mass is 452 g/mol. The van der Waals surface area contributed by atoms with Gasteiger partial charge >= 0.3 is 0 Å². The first-order chi connectivity index (χ1) is 17.1. The highest BCUT2D eigenvalue weighted by Gasteiger charge is 2.23. The van der Waals surface area contributed by atoms with Crippen LogP contribution in [0.2, 0.25) is 0 Å². The zero-order chi connectivity index (χ0) is 23.9. The SMILES string of the molecule is Cc1cc(C)nc(-c2ccc(C#N)c(-n3c4c(c5ccccc53)CCC(c3ccccc3)=C4)c2)n1.